The molecule has 0 amide bonds. The average Bonchev–Trinajstić information content (AvgIpc) is 2.55. The maximum Gasteiger partial charge on any atom is 0.201 e. The van der Waals surface area contributed by atoms with E-state index in [2.05, 4.69) is 6.92 Å². The van der Waals surface area contributed by atoms with Crippen LogP contribution < -0.4 is 4.74 Å². The van der Waals surface area contributed by atoms with Gasteiger partial charge in [0.2, 0.25) is 11.6 Å². The first-order valence-electron chi connectivity index (χ1n) is 8.02. The molecule has 1 atom stereocenters. The van der Waals surface area contributed by atoms with Gasteiger partial charge in [-0.1, -0.05) is 19.4 Å². The number of carbonyl (C=O) groups is 1. The van der Waals surface area contributed by atoms with Crippen molar-refractivity contribution in [3.63, 3.8) is 0 Å². The molecule has 0 saturated heterocycles. The van der Waals surface area contributed by atoms with E-state index in [0.717, 1.165) is 19.3 Å². The summed E-state index contributed by atoms with van der Waals surface area (Å²) in [7, 11) is 0. The second kappa shape index (κ2) is 8.09. The highest BCUT2D eigenvalue weighted by Gasteiger charge is 2.22. The van der Waals surface area contributed by atoms with E-state index in [0.29, 0.717) is 12.5 Å². The largest absolute Gasteiger partial charge is 0.491 e. The molecule has 1 aromatic carbocycles. The topological polar surface area (TPSA) is 35.5 Å². The Balaban J connectivity index is 2.05. The minimum absolute atomic E-state index is 0.0103. The van der Waals surface area contributed by atoms with Gasteiger partial charge in [0, 0.05) is 6.42 Å². The molecule has 0 N–H and O–H groups in total. The highest BCUT2D eigenvalue weighted by atomic mass is 19.2. The third-order valence-electron chi connectivity index (χ3n) is 3.86. The van der Waals surface area contributed by atoms with Crippen molar-refractivity contribution in [1.29, 1.82) is 0 Å². The van der Waals surface area contributed by atoms with Crippen molar-refractivity contribution in [1.82, 2.24) is 0 Å². The molecular weight excluding hydrogens is 302 g/mol. The molecule has 1 aliphatic heterocycles. The number of rotatable bonds is 7. The lowest BCUT2D eigenvalue weighted by Crippen LogP contribution is -2.20. The molecule has 0 fully saturated rings. The van der Waals surface area contributed by atoms with Crippen LogP contribution >= 0.6 is 0 Å². The molecule has 1 heterocycles. The Hall–Kier alpha value is -1.91. The number of hydrogen-bond donors (Lipinski definition) is 0. The van der Waals surface area contributed by atoms with Crippen molar-refractivity contribution in [3.8, 4) is 5.75 Å². The Kier molecular flexibility index (Phi) is 6.13. The van der Waals surface area contributed by atoms with Gasteiger partial charge in [0.05, 0.1) is 13.2 Å². The molecule has 126 valence electrons. The molecular formula is C18H22F2O3. The van der Waals surface area contributed by atoms with E-state index < -0.39 is 11.6 Å². The standard InChI is InChI=1S/C18H22F2O3/c1-3-5-12-6-8-15(23-11-12)14(21)10-13-7-9-16(22-4-2)18(20)17(13)19/h7-9,12H,3-6,10-11H2,1-2H3. The molecule has 0 aliphatic carbocycles. The summed E-state index contributed by atoms with van der Waals surface area (Å²) in [4.78, 5) is 12.2. The van der Waals surface area contributed by atoms with Crippen molar-refractivity contribution >= 4 is 5.78 Å². The second-order valence-electron chi connectivity index (χ2n) is 5.65. The molecule has 23 heavy (non-hydrogen) atoms. The molecule has 3 nitrogen and oxygen atoms in total. The van der Waals surface area contributed by atoms with Gasteiger partial charge in [0.1, 0.15) is 0 Å². The normalized spacial score (nSPS) is 17.4. The lowest BCUT2D eigenvalue weighted by molar-refractivity contribution is -0.119. The van der Waals surface area contributed by atoms with Crippen molar-refractivity contribution in [3.05, 3.63) is 41.2 Å². The number of ketones is 1. The van der Waals surface area contributed by atoms with Gasteiger partial charge in [0.25, 0.3) is 0 Å². The number of allylic oxidation sites excluding steroid dienone is 2. The van der Waals surface area contributed by atoms with Crippen LogP contribution in [0.5, 0.6) is 5.75 Å². The van der Waals surface area contributed by atoms with Gasteiger partial charge in [-0.2, -0.15) is 4.39 Å². The first-order chi connectivity index (χ1) is 11.1. The van der Waals surface area contributed by atoms with Crippen molar-refractivity contribution < 1.29 is 23.0 Å². The summed E-state index contributed by atoms with van der Waals surface area (Å²) in [6.07, 6.45) is 4.45. The molecule has 2 rings (SSSR count). The SMILES string of the molecule is CCCC1CC=C(C(=O)Cc2ccc(OCC)c(F)c2F)OC1. The van der Waals surface area contributed by atoms with Crippen LogP contribution in [0.1, 0.15) is 38.7 Å². The van der Waals surface area contributed by atoms with Crippen molar-refractivity contribution in [2.24, 2.45) is 5.92 Å². The molecule has 0 spiro atoms. The molecule has 1 aromatic rings. The van der Waals surface area contributed by atoms with Crippen LogP contribution in [-0.4, -0.2) is 19.0 Å². The Morgan fingerprint density at radius 2 is 2.09 bits per heavy atom. The molecule has 0 aromatic heterocycles. The monoisotopic (exact) mass is 324 g/mol. The smallest absolute Gasteiger partial charge is 0.201 e. The minimum atomic E-state index is -1.06. The number of carbonyl (C=O) groups excluding carboxylic acids is 1. The van der Waals surface area contributed by atoms with Crippen LogP contribution in [0.15, 0.2) is 24.0 Å². The van der Waals surface area contributed by atoms with Crippen LogP contribution in [0.2, 0.25) is 0 Å². The fraction of sp³-hybridized carbons (Fsp3) is 0.500. The highest BCUT2D eigenvalue weighted by molar-refractivity contribution is 5.95. The third-order valence-corrected chi connectivity index (χ3v) is 3.86. The first kappa shape index (κ1) is 17.4. The summed E-state index contributed by atoms with van der Waals surface area (Å²) in [6, 6.07) is 2.72. The van der Waals surface area contributed by atoms with Crippen LogP contribution in [0.3, 0.4) is 0 Å². The molecule has 5 heteroatoms. The molecule has 0 saturated carbocycles. The predicted molar refractivity (Wildman–Crippen MR) is 83.3 cm³/mol. The summed E-state index contributed by atoms with van der Waals surface area (Å²) in [5.74, 6) is -1.88. The Morgan fingerprint density at radius 1 is 1.30 bits per heavy atom. The van der Waals surface area contributed by atoms with Gasteiger partial charge in [0.15, 0.2) is 17.3 Å². The second-order valence-corrected chi connectivity index (χ2v) is 5.65. The van der Waals surface area contributed by atoms with E-state index in [1.54, 1.807) is 13.0 Å². The zero-order valence-electron chi connectivity index (χ0n) is 13.5. The fourth-order valence-corrected chi connectivity index (χ4v) is 2.65. The average molecular weight is 324 g/mol. The maximum absolute atomic E-state index is 14.0. The van der Waals surface area contributed by atoms with E-state index >= 15 is 0 Å². The quantitative estimate of drug-likeness (QED) is 0.754. The lowest BCUT2D eigenvalue weighted by atomic mass is 9.97. The number of halogens is 2. The summed E-state index contributed by atoms with van der Waals surface area (Å²) >= 11 is 0. The van der Waals surface area contributed by atoms with Crippen LogP contribution in [-0.2, 0) is 16.0 Å². The number of Topliss-reactive ketones (excluding diaryl/α,β-unsaturated/α-hetero) is 1. The fourth-order valence-electron chi connectivity index (χ4n) is 2.65. The summed E-state index contributed by atoms with van der Waals surface area (Å²) in [6.45, 7) is 4.54. The van der Waals surface area contributed by atoms with E-state index in [9.17, 15) is 13.6 Å². The third kappa shape index (κ3) is 4.30. The van der Waals surface area contributed by atoms with E-state index in [4.69, 9.17) is 9.47 Å². The van der Waals surface area contributed by atoms with E-state index in [1.165, 1.54) is 12.1 Å². The summed E-state index contributed by atoms with van der Waals surface area (Å²) < 4.78 is 38.3. The van der Waals surface area contributed by atoms with Gasteiger partial charge in [-0.15, -0.1) is 0 Å². The van der Waals surface area contributed by atoms with E-state index in [-0.39, 0.29) is 35.9 Å². The predicted octanol–water partition coefficient (Wildman–Crippen LogP) is 4.20. The van der Waals surface area contributed by atoms with Gasteiger partial charge in [-0.3, -0.25) is 4.79 Å². The molecule has 1 aliphatic rings. The van der Waals surface area contributed by atoms with Crippen LogP contribution in [0.4, 0.5) is 8.78 Å². The van der Waals surface area contributed by atoms with Crippen molar-refractivity contribution in [2.75, 3.05) is 13.2 Å². The van der Waals surface area contributed by atoms with E-state index in [1.807, 2.05) is 0 Å². The molecule has 0 radical (unpaired) electrons. The number of hydrogen-bond acceptors (Lipinski definition) is 3. The van der Waals surface area contributed by atoms with Crippen LogP contribution in [0, 0.1) is 17.6 Å². The zero-order chi connectivity index (χ0) is 16.8. The zero-order valence-corrected chi connectivity index (χ0v) is 13.5. The lowest BCUT2D eigenvalue weighted by Gasteiger charge is -2.22. The maximum atomic E-state index is 14.0. The summed E-state index contributed by atoms with van der Waals surface area (Å²) in [5.41, 5.74) is 0.0103. The first-order valence-corrected chi connectivity index (χ1v) is 8.02. The Labute approximate surface area is 135 Å². The Bertz CT molecular complexity index is 596. The number of ether oxygens (including phenoxy) is 2. The minimum Gasteiger partial charge on any atom is -0.491 e. The number of benzene rings is 1. The van der Waals surface area contributed by atoms with Gasteiger partial charge in [-0.25, -0.2) is 4.39 Å². The van der Waals surface area contributed by atoms with Gasteiger partial charge >= 0.3 is 0 Å². The van der Waals surface area contributed by atoms with Crippen molar-refractivity contribution in [2.45, 2.75) is 39.5 Å². The summed E-state index contributed by atoms with van der Waals surface area (Å²) in [5, 5.41) is 0. The molecule has 0 bridgehead atoms. The highest BCUT2D eigenvalue weighted by Crippen LogP contribution is 2.25. The van der Waals surface area contributed by atoms with Gasteiger partial charge in [-0.05, 0) is 43.4 Å². The molecule has 1 unspecified atom stereocenters. The van der Waals surface area contributed by atoms with Crippen LogP contribution in [0.25, 0.3) is 0 Å². The van der Waals surface area contributed by atoms with Gasteiger partial charge < -0.3 is 9.47 Å². The Morgan fingerprint density at radius 3 is 2.70 bits per heavy atom.